The van der Waals surface area contributed by atoms with Crippen LogP contribution in [-0.2, 0) is 0 Å². The molecule has 0 bridgehead atoms. The summed E-state index contributed by atoms with van der Waals surface area (Å²) < 4.78 is 6.98. The second-order valence-electron chi connectivity index (χ2n) is 8.15. The second-order valence-corrected chi connectivity index (χ2v) is 8.15. The third-order valence-corrected chi connectivity index (χ3v) is 5.83. The molecule has 0 saturated carbocycles. The smallest absolute Gasteiger partial charge is 0.291 e. The summed E-state index contributed by atoms with van der Waals surface area (Å²) in [6.45, 7) is 2.03. The number of ether oxygens (including phenoxy) is 1. The van der Waals surface area contributed by atoms with Crippen LogP contribution in [0.15, 0.2) is 102 Å². The summed E-state index contributed by atoms with van der Waals surface area (Å²) in [4.78, 5) is 12.9. The van der Waals surface area contributed by atoms with Crippen LogP contribution in [-0.4, -0.2) is 29.0 Å². The molecule has 172 valence electrons. The first-order valence-corrected chi connectivity index (χ1v) is 11.2. The van der Waals surface area contributed by atoms with E-state index in [0.29, 0.717) is 0 Å². The van der Waals surface area contributed by atoms with Crippen molar-refractivity contribution >= 4 is 22.9 Å². The van der Waals surface area contributed by atoms with Crippen molar-refractivity contribution in [3.63, 3.8) is 0 Å². The van der Waals surface area contributed by atoms with Gasteiger partial charge in [0.2, 0.25) is 0 Å². The minimum absolute atomic E-state index is 0.281. The third-order valence-electron chi connectivity index (χ3n) is 5.83. The van der Waals surface area contributed by atoms with Gasteiger partial charge in [0.15, 0.2) is 5.69 Å². The van der Waals surface area contributed by atoms with Crippen molar-refractivity contribution in [2.45, 2.75) is 6.92 Å². The van der Waals surface area contributed by atoms with Crippen molar-refractivity contribution in [2.75, 3.05) is 7.11 Å². The molecule has 6 heteroatoms. The van der Waals surface area contributed by atoms with E-state index in [1.807, 2.05) is 72.3 Å². The lowest BCUT2D eigenvalue weighted by Gasteiger charge is -2.11. The fourth-order valence-corrected chi connectivity index (χ4v) is 3.94. The summed E-state index contributed by atoms with van der Waals surface area (Å²) in [7, 11) is 1.62. The maximum atomic E-state index is 12.9. The van der Waals surface area contributed by atoms with E-state index in [4.69, 9.17) is 4.74 Å². The number of carbonyl (C=O) groups is 1. The van der Waals surface area contributed by atoms with Crippen LogP contribution in [0.25, 0.3) is 27.7 Å². The van der Waals surface area contributed by atoms with Gasteiger partial charge in [-0.05, 0) is 71.3 Å². The maximum absolute atomic E-state index is 12.9. The van der Waals surface area contributed by atoms with E-state index in [2.05, 4.69) is 46.0 Å². The molecular formula is C29H24N4O2. The quantitative estimate of drug-likeness (QED) is 0.258. The first kappa shape index (κ1) is 22.1. The number of aromatic nitrogens is 2. The lowest BCUT2D eigenvalue weighted by atomic mass is 10.0. The summed E-state index contributed by atoms with van der Waals surface area (Å²) in [5.41, 5.74) is 7.48. The van der Waals surface area contributed by atoms with Gasteiger partial charge < -0.3 is 4.74 Å². The van der Waals surface area contributed by atoms with Crippen LogP contribution in [0, 0.1) is 6.92 Å². The Morgan fingerprint density at radius 1 is 0.914 bits per heavy atom. The Kier molecular flexibility index (Phi) is 6.09. The monoisotopic (exact) mass is 460 g/mol. The SMILES string of the molecule is COc1ccc(/C=N\NC(=O)c2cc(-c3ccc4ccccc4c3)n(-c3ccccc3C)n2)cc1. The van der Waals surface area contributed by atoms with Crippen LogP contribution in [0.3, 0.4) is 0 Å². The zero-order valence-corrected chi connectivity index (χ0v) is 19.5. The van der Waals surface area contributed by atoms with E-state index >= 15 is 0 Å². The van der Waals surface area contributed by atoms with E-state index in [9.17, 15) is 4.79 Å². The van der Waals surface area contributed by atoms with Crippen LogP contribution < -0.4 is 10.2 Å². The topological polar surface area (TPSA) is 68.5 Å². The van der Waals surface area contributed by atoms with Crippen molar-refractivity contribution in [1.82, 2.24) is 15.2 Å². The molecule has 0 aliphatic rings. The highest BCUT2D eigenvalue weighted by Gasteiger charge is 2.18. The minimum atomic E-state index is -0.385. The molecule has 1 amide bonds. The largest absolute Gasteiger partial charge is 0.497 e. The second kappa shape index (κ2) is 9.65. The van der Waals surface area contributed by atoms with E-state index in [1.54, 1.807) is 19.4 Å². The Morgan fingerprint density at radius 2 is 1.66 bits per heavy atom. The van der Waals surface area contributed by atoms with Gasteiger partial charge in [0.25, 0.3) is 5.91 Å². The Balaban J connectivity index is 1.48. The third kappa shape index (κ3) is 4.68. The zero-order valence-electron chi connectivity index (χ0n) is 19.5. The van der Waals surface area contributed by atoms with Crippen molar-refractivity contribution in [1.29, 1.82) is 0 Å². The molecule has 0 aliphatic carbocycles. The van der Waals surface area contributed by atoms with Gasteiger partial charge in [-0.3, -0.25) is 4.79 Å². The highest BCUT2D eigenvalue weighted by molar-refractivity contribution is 5.95. The van der Waals surface area contributed by atoms with Crippen LogP contribution in [0.2, 0.25) is 0 Å². The fourth-order valence-electron chi connectivity index (χ4n) is 3.94. The number of carbonyl (C=O) groups excluding carboxylic acids is 1. The highest BCUT2D eigenvalue weighted by Crippen LogP contribution is 2.28. The number of para-hydroxylation sites is 1. The predicted octanol–water partition coefficient (Wildman–Crippen LogP) is 5.77. The first-order chi connectivity index (χ1) is 17.1. The molecule has 1 aromatic heterocycles. The molecule has 5 aromatic rings. The number of nitrogens with zero attached hydrogens (tertiary/aromatic N) is 3. The van der Waals surface area contributed by atoms with E-state index in [-0.39, 0.29) is 11.6 Å². The predicted molar refractivity (Wildman–Crippen MR) is 139 cm³/mol. The van der Waals surface area contributed by atoms with Crippen molar-refractivity contribution in [3.8, 4) is 22.7 Å². The first-order valence-electron chi connectivity index (χ1n) is 11.2. The minimum Gasteiger partial charge on any atom is -0.497 e. The average molecular weight is 461 g/mol. The molecule has 0 atom stereocenters. The van der Waals surface area contributed by atoms with Crippen LogP contribution in [0.1, 0.15) is 21.6 Å². The molecule has 0 radical (unpaired) electrons. The van der Waals surface area contributed by atoms with Crippen molar-refractivity contribution in [3.05, 3.63) is 114 Å². The number of fused-ring (bicyclic) bond motifs is 1. The molecule has 0 fully saturated rings. The summed E-state index contributed by atoms with van der Waals surface area (Å²) >= 11 is 0. The molecule has 0 spiro atoms. The van der Waals surface area contributed by atoms with E-state index < -0.39 is 0 Å². The number of hydrogen-bond acceptors (Lipinski definition) is 4. The molecule has 35 heavy (non-hydrogen) atoms. The molecule has 0 saturated heterocycles. The summed E-state index contributed by atoms with van der Waals surface area (Å²) in [5.74, 6) is 0.373. The van der Waals surface area contributed by atoms with Gasteiger partial charge in [0.1, 0.15) is 5.75 Å². The molecule has 0 unspecified atom stereocenters. The molecule has 1 heterocycles. The number of methoxy groups -OCH3 is 1. The summed E-state index contributed by atoms with van der Waals surface area (Å²) in [6, 6.07) is 31.6. The van der Waals surface area contributed by atoms with E-state index in [1.165, 1.54) is 0 Å². The normalized spacial score (nSPS) is 11.1. The van der Waals surface area contributed by atoms with Gasteiger partial charge in [-0.25, -0.2) is 10.1 Å². The van der Waals surface area contributed by atoms with Gasteiger partial charge in [-0.2, -0.15) is 10.2 Å². The van der Waals surface area contributed by atoms with Crippen molar-refractivity contribution in [2.24, 2.45) is 5.10 Å². The molecule has 1 N–H and O–H groups in total. The van der Waals surface area contributed by atoms with Gasteiger partial charge in [-0.1, -0.05) is 54.6 Å². The highest BCUT2D eigenvalue weighted by atomic mass is 16.5. The number of amides is 1. The van der Waals surface area contributed by atoms with Gasteiger partial charge in [0, 0.05) is 5.56 Å². The van der Waals surface area contributed by atoms with Crippen molar-refractivity contribution < 1.29 is 9.53 Å². The summed E-state index contributed by atoms with van der Waals surface area (Å²) in [5, 5.41) is 11.0. The number of hydrazone groups is 1. The van der Waals surface area contributed by atoms with Gasteiger partial charge in [0.05, 0.1) is 24.7 Å². The number of hydrogen-bond donors (Lipinski definition) is 1. The molecule has 6 nitrogen and oxygen atoms in total. The van der Waals surface area contributed by atoms with E-state index in [0.717, 1.165) is 44.6 Å². The van der Waals surface area contributed by atoms with Crippen LogP contribution in [0.4, 0.5) is 0 Å². The summed E-state index contributed by atoms with van der Waals surface area (Å²) in [6.07, 6.45) is 1.58. The number of benzene rings is 4. The fraction of sp³-hybridized carbons (Fsp3) is 0.0690. The lowest BCUT2D eigenvalue weighted by molar-refractivity contribution is 0.0949. The molecule has 4 aromatic carbocycles. The number of aryl methyl sites for hydroxylation is 1. The molecule has 5 rings (SSSR count). The van der Waals surface area contributed by atoms with Crippen LogP contribution in [0.5, 0.6) is 5.75 Å². The Morgan fingerprint density at radius 3 is 2.43 bits per heavy atom. The number of rotatable bonds is 6. The number of nitrogens with one attached hydrogen (secondary N) is 1. The Hall–Kier alpha value is -4.71. The van der Waals surface area contributed by atoms with Gasteiger partial charge >= 0.3 is 0 Å². The zero-order chi connectivity index (χ0) is 24.2. The molecular weight excluding hydrogens is 436 g/mol. The maximum Gasteiger partial charge on any atom is 0.291 e. The van der Waals surface area contributed by atoms with Gasteiger partial charge in [-0.15, -0.1) is 0 Å². The molecule has 0 aliphatic heterocycles. The Bertz CT molecular complexity index is 1530. The van der Waals surface area contributed by atoms with Crippen LogP contribution >= 0.6 is 0 Å². The average Bonchev–Trinajstić information content (AvgIpc) is 3.34. The standard InChI is InChI=1S/C29H24N4O2/c1-20-7-3-6-10-27(20)33-28(24-14-13-22-8-4-5-9-23(22)17-24)18-26(32-33)29(34)31-30-19-21-11-15-25(35-2)16-12-21/h3-19H,1-2H3,(H,31,34)/b30-19-. The lowest BCUT2D eigenvalue weighted by Crippen LogP contribution is -2.18. The Labute approximate surface area is 203 Å².